The maximum absolute atomic E-state index is 12.3. The van der Waals surface area contributed by atoms with Crippen LogP contribution in [0, 0.1) is 34.5 Å². The summed E-state index contributed by atoms with van der Waals surface area (Å²) in [6, 6.07) is 24.4. The van der Waals surface area contributed by atoms with Crippen LogP contribution in [-0.4, -0.2) is 31.6 Å². The maximum atomic E-state index is 12.3. The lowest BCUT2D eigenvalue weighted by molar-refractivity contribution is -0.0129. The number of carbonyl (C=O) groups is 1. The van der Waals surface area contributed by atoms with E-state index in [1.165, 1.54) is 0 Å². The number of rotatable bonds is 18. The Morgan fingerprint density at radius 1 is 0.684 bits per heavy atom. The van der Waals surface area contributed by atoms with E-state index < -0.39 is 30.2 Å². The molecule has 0 amide bonds. The van der Waals surface area contributed by atoms with Gasteiger partial charge in [-0.25, -0.2) is 4.79 Å². The Bertz CT molecular complexity index is 907. The van der Waals surface area contributed by atoms with Gasteiger partial charge in [-0.05, 0) is 63.5 Å². The smallest absolute Gasteiger partial charge is 0.430 e. The standard InChI is InChI=1S/C31H40N2O5/c1-25(29(21-32)17-9-11-19-35-23-27-13-5-3-6-14-27)37-31(34)38-26(2)30(22-33)18-10-12-20-36-24-28-15-7-4-8-16-28/h3-8,13-16,25-26,29-30H,9-12,17-20,23-24H2,1-2H3. The summed E-state index contributed by atoms with van der Waals surface area (Å²) in [5.74, 6) is -0.871. The fourth-order valence-corrected chi connectivity index (χ4v) is 3.97. The fourth-order valence-electron chi connectivity index (χ4n) is 3.97. The largest absolute Gasteiger partial charge is 0.508 e. The van der Waals surface area contributed by atoms with Crippen molar-refractivity contribution < 1.29 is 23.7 Å². The normalized spacial score (nSPS) is 13.9. The van der Waals surface area contributed by atoms with Crippen LogP contribution in [0.25, 0.3) is 0 Å². The summed E-state index contributed by atoms with van der Waals surface area (Å²) in [4.78, 5) is 12.3. The van der Waals surface area contributed by atoms with Crippen molar-refractivity contribution in [3.05, 3.63) is 71.8 Å². The van der Waals surface area contributed by atoms with Crippen LogP contribution in [0.15, 0.2) is 60.7 Å². The van der Waals surface area contributed by atoms with Gasteiger partial charge >= 0.3 is 6.16 Å². The summed E-state index contributed by atoms with van der Waals surface area (Å²) in [7, 11) is 0. The van der Waals surface area contributed by atoms with Gasteiger partial charge in [-0.1, -0.05) is 60.7 Å². The lowest BCUT2D eigenvalue weighted by atomic mass is 9.98. The van der Waals surface area contributed by atoms with Crippen molar-refractivity contribution in [3.8, 4) is 12.1 Å². The Balaban J connectivity index is 1.58. The van der Waals surface area contributed by atoms with E-state index in [4.69, 9.17) is 18.9 Å². The van der Waals surface area contributed by atoms with Gasteiger partial charge in [0.25, 0.3) is 0 Å². The number of benzene rings is 2. The highest BCUT2D eigenvalue weighted by Crippen LogP contribution is 2.19. The minimum atomic E-state index is -0.845. The van der Waals surface area contributed by atoms with Gasteiger partial charge in [0.05, 0.1) is 37.2 Å². The van der Waals surface area contributed by atoms with Crippen LogP contribution >= 0.6 is 0 Å². The highest BCUT2D eigenvalue weighted by molar-refractivity contribution is 5.60. The topological polar surface area (TPSA) is 102 Å². The summed E-state index contributed by atoms with van der Waals surface area (Å²) >= 11 is 0. The summed E-state index contributed by atoms with van der Waals surface area (Å²) in [5, 5.41) is 19.1. The molecule has 204 valence electrons. The van der Waals surface area contributed by atoms with Crippen molar-refractivity contribution >= 4 is 6.16 Å². The number of carbonyl (C=O) groups excluding carboxylic acids is 1. The minimum absolute atomic E-state index is 0.436. The number of ether oxygens (including phenoxy) is 4. The van der Waals surface area contributed by atoms with E-state index in [2.05, 4.69) is 12.1 Å². The lowest BCUT2D eigenvalue weighted by Crippen LogP contribution is -2.28. The number of unbranched alkanes of at least 4 members (excludes halogenated alkanes) is 2. The molecule has 2 aromatic carbocycles. The molecule has 2 aromatic rings. The summed E-state index contributed by atoms with van der Waals surface area (Å²) in [6.07, 6.45) is 2.36. The quantitative estimate of drug-likeness (QED) is 0.154. The van der Waals surface area contributed by atoms with Gasteiger partial charge in [0.15, 0.2) is 0 Å². The summed E-state index contributed by atoms with van der Waals surface area (Å²) in [6.45, 7) is 5.74. The van der Waals surface area contributed by atoms with Gasteiger partial charge in [0, 0.05) is 13.2 Å². The molecule has 0 aliphatic carbocycles. The molecular weight excluding hydrogens is 480 g/mol. The molecule has 0 saturated heterocycles. The first-order chi connectivity index (χ1) is 18.5. The predicted octanol–water partition coefficient (Wildman–Crippen LogP) is 6.97. The first-order valence-electron chi connectivity index (χ1n) is 13.4. The molecule has 4 unspecified atom stereocenters. The van der Waals surface area contributed by atoms with Gasteiger partial charge in [0.1, 0.15) is 12.2 Å². The van der Waals surface area contributed by atoms with Gasteiger partial charge < -0.3 is 18.9 Å². The molecule has 0 aromatic heterocycles. The number of hydrogen-bond acceptors (Lipinski definition) is 7. The average Bonchev–Trinajstić information content (AvgIpc) is 2.93. The van der Waals surface area contributed by atoms with Crippen LogP contribution in [0.3, 0.4) is 0 Å². The Labute approximate surface area is 227 Å². The van der Waals surface area contributed by atoms with E-state index >= 15 is 0 Å². The highest BCUT2D eigenvalue weighted by atomic mass is 16.7. The van der Waals surface area contributed by atoms with Crippen molar-refractivity contribution in [1.82, 2.24) is 0 Å². The fraction of sp³-hybridized carbons (Fsp3) is 0.516. The molecule has 7 nitrogen and oxygen atoms in total. The predicted molar refractivity (Wildman–Crippen MR) is 145 cm³/mol. The lowest BCUT2D eigenvalue weighted by Gasteiger charge is -2.22. The zero-order valence-corrected chi connectivity index (χ0v) is 22.6. The van der Waals surface area contributed by atoms with Crippen LogP contribution in [0.4, 0.5) is 4.79 Å². The van der Waals surface area contributed by atoms with Crippen molar-refractivity contribution in [2.24, 2.45) is 11.8 Å². The van der Waals surface area contributed by atoms with Crippen molar-refractivity contribution in [2.75, 3.05) is 13.2 Å². The van der Waals surface area contributed by atoms with Crippen LogP contribution in [-0.2, 0) is 32.2 Å². The maximum Gasteiger partial charge on any atom is 0.508 e. The third-order valence-corrected chi connectivity index (χ3v) is 6.36. The summed E-state index contributed by atoms with van der Waals surface area (Å²) in [5.41, 5.74) is 2.26. The van der Waals surface area contributed by atoms with E-state index in [0.29, 0.717) is 39.3 Å². The molecule has 0 bridgehead atoms. The molecular formula is C31H40N2O5. The third kappa shape index (κ3) is 12.7. The van der Waals surface area contributed by atoms with Crippen molar-refractivity contribution in [2.45, 2.75) is 77.8 Å². The molecule has 0 saturated carbocycles. The average molecular weight is 521 g/mol. The molecule has 0 radical (unpaired) electrons. The second-order valence-corrected chi connectivity index (χ2v) is 9.44. The molecule has 0 N–H and O–H groups in total. The summed E-state index contributed by atoms with van der Waals surface area (Å²) < 4.78 is 22.1. The SMILES string of the molecule is CC(OC(=O)OC(C)C(C#N)CCCCOCc1ccccc1)C(C#N)CCCCOCc1ccccc1. The van der Waals surface area contributed by atoms with E-state index in [1.54, 1.807) is 13.8 Å². The van der Waals surface area contributed by atoms with E-state index in [-0.39, 0.29) is 0 Å². The number of nitriles is 2. The van der Waals surface area contributed by atoms with Crippen LogP contribution in [0.2, 0.25) is 0 Å². The Kier molecular flexibility index (Phi) is 15.2. The first-order valence-corrected chi connectivity index (χ1v) is 13.4. The zero-order chi connectivity index (χ0) is 27.4. The molecule has 4 atom stereocenters. The highest BCUT2D eigenvalue weighted by Gasteiger charge is 2.25. The molecule has 0 heterocycles. The molecule has 0 fully saturated rings. The number of hydrogen-bond donors (Lipinski definition) is 0. The van der Waals surface area contributed by atoms with Crippen LogP contribution < -0.4 is 0 Å². The van der Waals surface area contributed by atoms with Gasteiger partial charge in [-0.15, -0.1) is 0 Å². The second-order valence-electron chi connectivity index (χ2n) is 9.44. The molecule has 2 rings (SSSR count). The van der Waals surface area contributed by atoms with E-state index in [9.17, 15) is 15.3 Å². The second kappa shape index (κ2) is 18.8. The molecule has 0 aliphatic rings. The first kappa shape index (κ1) is 30.8. The van der Waals surface area contributed by atoms with Gasteiger partial charge in [-0.2, -0.15) is 10.5 Å². The van der Waals surface area contributed by atoms with E-state index in [0.717, 1.165) is 36.8 Å². The zero-order valence-electron chi connectivity index (χ0n) is 22.6. The molecule has 0 aliphatic heterocycles. The Hall–Kier alpha value is -3.39. The Morgan fingerprint density at radius 2 is 1.08 bits per heavy atom. The van der Waals surface area contributed by atoms with Gasteiger partial charge in [0.2, 0.25) is 0 Å². The molecule has 38 heavy (non-hydrogen) atoms. The van der Waals surface area contributed by atoms with Crippen molar-refractivity contribution in [3.63, 3.8) is 0 Å². The monoisotopic (exact) mass is 520 g/mol. The van der Waals surface area contributed by atoms with Gasteiger partial charge in [-0.3, -0.25) is 0 Å². The van der Waals surface area contributed by atoms with Crippen LogP contribution in [0.1, 0.15) is 63.5 Å². The molecule has 7 heteroatoms. The third-order valence-electron chi connectivity index (χ3n) is 6.36. The number of nitrogens with zero attached hydrogens (tertiary/aromatic N) is 2. The minimum Gasteiger partial charge on any atom is -0.430 e. The Morgan fingerprint density at radius 3 is 1.45 bits per heavy atom. The van der Waals surface area contributed by atoms with E-state index in [1.807, 2.05) is 60.7 Å². The van der Waals surface area contributed by atoms with Crippen LogP contribution in [0.5, 0.6) is 0 Å². The van der Waals surface area contributed by atoms with Crippen molar-refractivity contribution in [1.29, 1.82) is 10.5 Å². The molecule has 0 spiro atoms.